The molecule has 3 heteroatoms. The van der Waals surface area contributed by atoms with Gasteiger partial charge in [-0.2, -0.15) is 0 Å². The van der Waals surface area contributed by atoms with Crippen molar-refractivity contribution < 1.29 is 9.53 Å². The number of hydrogen-bond acceptors (Lipinski definition) is 3. The van der Waals surface area contributed by atoms with Gasteiger partial charge in [0.2, 0.25) is 0 Å². The summed E-state index contributed by atoms with van der Waals surface area (Å²) in [5.41, 5.74) is 3.33. The van der Waals surface area contributed by atoms with Crippen LogP contribution in [0.2, 0.25) is 0 Å². The summed E-state index contributed by atoms with van der Waals surface area (Å²) in [4.78, 5) is 15.3. The fraction of sp³-hybridized carbons (Fsp3) is 0.303. The Balaban J connectivity index is 1.23. The predicted octanol–water partition coefficient (Wildman–Crippen LogP) is 7.13. The third-order valence-electron chi connectivity index (χ3n) is 7.56. The molecule has 4 aromatic rings. The zero-order valence-corrected chi connectivity index (χ0v) is 20.9. The number of likely N-dealkylation sites (tertiary alicyclic amines) is 1. The van der Waals surface area contributed by atoms with Crippen molar-refractivity contribution in [2.45, 2.75) is 31.6 Å². The van der Waals surface area contributed by atoms with Gasteiger partial charge in [0.25, 0.3) is 0 Å². The number of nitrogens with zero attached hydrogens (tertiary/aromatic N) is 1. The fourth-order valence-corrected chi connectivity index (χ4v) is 5.47. The standard InChI is InChI=1S/C33H35NO2/c35-33(29-13-5-2-6-14-29)36-25-30(32-17-9-15-28-12-7-8-16-31(28)32)20-23-34-21-18-27(19-22-34)24-26-10-3-1-4-11-26/h1-17,27,30H,18-25H2. The largest absolute Gasteiger partial charge is 0.461 e. The fourth-order valence-electron chi connectivity index (χ4n) is 5.47. The third kappa shape index (κ3) is 6.22. The maximum absolute atomic E-state index is 12.7. The maximum Gasteiger partial charge on any atom is 0.338 e. The van der Waals surface area contributed by atoms with Gasteiger partial charge >= 0.3 is 5.97 Å². The molecule has 4 aromatic carbocycles. The average Bonchev–Trinajstić information content (AvgIpc) is 2.94. The molecule has 0 N–H and O–H groups in total. The van der Waals surface area contributed by atoms with Gasteiger partial charge in [-0.25, -0.2) is 4.79 Å². The molecule has 0 radical (unpaired) electrons. The number of rotatable bonds is 9. The lowest BCUT2D eigenvalue weighted by molar-refractivity contribution is 0.0468. The van der Waals surface area contributed by atoms with E-state index in [1.165, 1.54) is 41.2 Å². The highest BCUT2D eigenvalue weighted by Gasteiger charge is 2.22. The highest BCUT2D eigenvalue weighted by Crippen LogP contribution is 2.30. The van der Waals surface area contributed by atoms with Crippen LogP contribution in [0.1, 0.15) is 46.7 Å². The van der Waals surface area contributed by atoms with Gasteiger partial charge in [-0.3, -0.25) is 0 Å². The molecule has 36 heavy (non-hydrogen) atoms. The van der Waals surface area contributed by atoms with Crippen LogP contribution in [0.4, 0.5) is 0 Å². The van der Waals surface area contributed by atoms with Crippen LogP contribution in [0.5, 0.6) is 0 Å². The monoisotopic (exact) mass is 477 g/mol. The third-order valence-corrected chi connectivity index (χ3v) is 7.56. The number of ether oxygens (including phenoxy) is 1. The first-order valence-electron chi connectivity index (χ1n) is 13.2. The zero-order chi connectivity index (χ0) is 24.6. The Bertz CT molecular complexity index is 1240. The van der Waals surface area contributed by atoms with Crippen LogP contribution >= 0.6 is 0 Å². The molecular formula is C33H35NO2. The highest BCUT2D eigenvalue weighted by molar-refractivity contribution is 5.89. The van der Waals surface area contributed by atoms with Crippen LogP contribution in [-0.2, 0) is 11.2 Å². The van der Waals surface area contributed by atoms with Crippen molar-refractivity contribution in [3.8, 4) is 0 Å². The summed E-state index contributed by atoms with van der Waals surface area (Å²) < 4.78 is 5.86. The van der Waals surface area contributed by atoms with Crippen LogP contribution in [0.25, 0.3) is 10.8 Å². The molecule has 0 aliphatic carbocycles. The van der Waals surface area contributed by atoms with Gasteiger partial charge in [0.05, 0.1) is 12.2 Å². The number of esters is 1. The van der Waals surface area contributed by atoms with Gasteiger partial charge < -0.3 is 9.64 Å². The summed E-state index contributed by atoms with van der Waals surface area (Å²) in [6.07, 6.45) is 4.65. The smallest absolute Gasteiger partial charge is 0.338 e. The molecule has 3 nitrogen and oxygen atoms in total. The second-order valence-corrected chi connectivity index (χ2v) is 9.99. The predicted molar refractivity (Wildman–Crippen MR) is 147 cm³/mol. The SMILES string of the molecule is O=C(OCC(CCN1CCC(Cc2ccccc2)CC1)c1cccc2ccccc12)c1ccccc1. The van der Waals surface area contributed by atoms with E-state index in [1.807, 2.05) is 30.3 Å². The van der Waals surface area contributed by atoms with E-state index in [2.05, 4.69) is 77.7 Å². The number of hydrogen-bond donors (Lipinski definition) is 0. The Hall–Kier alpha value is -3.43. The maximum atomic E-state index is 12.7. The van der Waals surface area contributed by atoms with Crippen LogP contribution in [0.3, 0.4) is 0 Å². The molecule has 1 aliphatic heterocycles. The van der Waals surface area contributed by atoms with E-state index in [9.17, 15) is 4.79 Å². The zero-order valence-electron chi connectivity index (χ0n) is 20.9. The van der Waals surface area contributed by atoms with E-state index in [-0.39, 0.29) is 11.9 Å². The lowest BCUT2D eigenvalue weighted by Gasteiger charge is -2.33. The first-order valence-corrected chi connectivity index (χ1v) is 13.2. The van der Waals surface area contributed by atoms with Crippen molar-refractivity contribution in [2.24, 2.45) is 5.92 Å². The molecule has 1 fully saturated rings. The van der Waals surface area contributed by atoms with Crippen LogP contribution in [0.15, 0.2) is 103 Å². The summed E-state index contributed by atoms with van der Waals surface area (Å²) in [6.45, 7) is 3.70. The Kier molecular flexibility index (Phi) is 8.10. The van der Waals surface area contributed by atoms with Gasteiger partial charge in [0.1, 0.15) is 0 Å². The molecule has 0 amide bonds. The number of benzene rings is 4. The van der Waals surface area contributed by atoms with Gasteiger partial charge in [0.15, 0.2) is 0 Å². The van der Waals surface area contributed by atoms with Crippen molar-refractivity contribution in [1.82, 2.24) is 4.90 Å². The Morgan fingerprint density at radius 2 is 1.47 bits per heavy atom. The second kappa shape index (κ2) is 12.0. The van der Waals surface area contributed by atoms with Crippen LogP contribution in [-0.4, -0.2) is 37.1 Å². The van der Waals surface area contributed by atoms with E-state index < -0.39 is 0 Å². The molecular weight excluding hydrogens is 442 g/mol. The van der Waals surface area contributed by atoms with E-state index in [4.69, 9.17) is 4.74 Å². The molecule has 1 saturated heterocycles. The highest BCUT2D eigenvalue weighted by atomic mass is 16.5. The number of carbonyl (C=O) groups is 1. The molecule has 0 aromatic heterocycles. The molecule has 0 bridgehead atoms. The van der Waals surface area contributed by atoms with Crippen molar-refractivity contribution in [3.63, 3.8) is 0 Å². The summed E-state index contributed by atoms with van der Waals surface area (Å²) >= 11 is 0. The Morgan fingerprint density at radius 1 is 0.806 bits per heavy atom. The summed E-state index contributed by atoms with van der Waals surface area (Å²) in [7, 11) is 0. The topological polar surface area (TPSA) is 29.5 Å². The van der Waals surface area contributed by atoms with E-state index in [1.54, 1.807) is 0 Å². The average molecular weight is 478 g/mol. The van der Waals surface area contributed by atoms with Gasteiger partial charge in [-0.15, -0.1) is 0 Å². The lowest BCUT2D eigenvalue weighted by Crippen LogP contribution is -2.35. The van der Waals surface area contributed by atoms with Crippen molar-refractivity contribution >= 4 is 16.7 Å². The van der Waals surface area contributed by atoms with E-state index in [0.29, 0.717) is 12.2 Å². The van der Waals surface area contributed by atoms with Crippen LogP contribution in [0, 0.1) is 5.92 Å². The minimum atomic E-state index is -0.248. The van der Waals surface area contributed by atoms with Crippen molar-refractivity contribution in [2.75, 3.05) is 26.2 Å². The summed E-state index contributed by atoms with van der Waals surface area (Å²) in [5, 5.41) is 2.48. The van der Waals surface area contributed by atoms with Gasteiger partial charge in [0, 0.05) is 5.92 Å². The second-order valence-electron chi connectivity index (χ2n) is 9.99. The molecule has 1 heterocycles. The number of fused-ring (bicyclic) bond motifs is 1. The minimum absolute atomic E-state index is 0.158. The Morgan fingerprint density at radius 3 is 2.25 bits per heavy atom. The molecule has 0 saturated carbocycles. The quantitative estimate of drug-likeness (QED) is 0.240. The molecule has 5 rings (SSSR count). The molecule has 1 atom stereocenters. The van der Waals surface area contributed by atoms with Gasteiger partial charge in [-0.1, -0.05) is 91.0 Å². The minimum Gasteiger partial charge on any atom is -0.461 e. The van der Waals surface area contributed by atoms with Crippen molar-refractivity contribution in [1.29, 1.82) is 0 Å². The van der Waals surface area contributed by atoms with E-state index >= 15 is 0 Å². The number of carbonyl (C=O) groups excluding carboxylic acids is 1. The first kappa shape index (κ1) is 24.3. The molecule has 1 aliphatic rings. The first-order chi connectivity index (χ1) is 17.8. The normalized spacial score (nSPS) is 15.6. The molecule has 0 spiro atoms. The molecule has 1 unspecified atom stereocenters. The lowest BCUT2D eigenvalue weighted by atomic mass is 9.89. The van der Waals surface area contributed by atoms with Crippen LogP contribution < -0.4 is 0 Å². The van der Waals surface area contributed by atoms with Gasteiger partial charge in [-0.05, 0) is 85.3 Å². The Labute approximate surface area is 214 Å². The molecule has 184 valence electrons. The van der Waals surface area contributed by atoms with Crippen molar-refractivity contribution in [3.05, 3.63) is 120 Å². The summed E-state index contributed by atoms with van der Waals surface area (Å²) in [5.74, 6) is 0.678. The van der Waals surface area contributed by atoms with E-state index in [0.717, 1.165) is 32.0 Å². The summed E-state index contributed by atoms with van der Waals surface area (Å²) in [6, 6.07) is 35.2. The number of piperidine rings is 1.